The van der Waals surface area contributed by atoms with Gasteiger partial charge in [0.2, 0.25) is 8.32 Å². The van der Waals surface area contributed by atoms with Crippen LogP contribution < -0.4 is 5.19 Å². The van der Waals surface area contributed by atoms with Crippen LogP contribution in [0, 0.1) is 0 Å². The van der Waals surface area contributed by atoms with Crippen molar-refractivity contribution in [3.63, 3.8) is 0 Å². The number of hydrogen-bond acceptors (Lipinski definition) is 2. The number of aromatic nitrogens is 1. The molecule has 0 aliphatic carbocycles. The van der Waals surface area contributed by atoms with E-state index in [0.29, 0.717) is 0 Å². The van der Waals surface area contributed by atoms with Gasteiger partial charge in [-0.2, -0.15) is 0 Å². The number of nitrogens with zero attached hydrogens (tertiary/aromatic N) is 1. The molecule has 0 fully saturated rings. The lowest BCUT2D eigenvalue weighted by molar-refractivity contribution is 0.171. The van der Waals surface area contributed by atoms with Gasteiger partial charge < -0.3 is 4.43 Å². The average molecular weight is 474 g/mol. The maximum atomic E-state index is 7.36. The zero-order valence-corrected chi connectivity index (χ0v) is 23.5. The molecule has 0 amide bonds. The number of aryl methyl sites for hydroxylation is 1. The van der Waals surface area contributed by atoms with Crippen LogP contribution in [0.4, 0.5) is 0 Å². The third kappa shape index (κ3) is 4.54. The molecule has 1 aliphatic rings. The maximum absolute atomic E-state index is 7.36. The Labute approximate surface area is 202 Å². The molecule has 2 aromatic rings. The number of unbranched alkanes of at least 4 members (excludes halogenated alkanes) is 4. The molecule has 178 valence electrons. The maximum Gasteiger partial charge on any atom is 0.237 e. The van der Waals surface area contributed by atoms with Crippen LogP contribution in [0.5, 0.6) is 0 Å². The minimum Gasteiger partial charge on any atom is -0.403 e. The van der Waals surface area contributed by atoms with Gasteiger partial charge in [0.25, 0.3) is 0 Å². The van der Waals surface area contributed by atoms with E-state index in [1.165, 1.54) is 60.4 Å². The van der Waals surface area contributed by atoms with Crippen LogP contribution in [0.2, 0.25) is 15.1 Å². The third-order valence-electron chi connectivity index (χ3n) is 7.27. The zero-order chi connectivity index (χ0) is 23.7. The predicted octanol–water partition coefficient (Wildman–Crippen LogP) is 9.03. The molecule has 1 aromatic heterocycles. The number of hydrogen-bond donors (Lipinski definition) is 0. The van der Waals surface area contributed by atoms with Gasteiger partial charge in [0.05, 0.1) is 17.3 Å². The largest absolute Gasteiger partial charge is 0.403 e. The molecule has 0 spiro atoms. The van der Waals surface area contributed by atoms with Crippen molar-refractivity contribution in [2.75, 3.05) is 0 Å². The van der Waals surface area contributed by atoms with Crippen molar-refractivity contribution in [3.05, 3.63) is 34.5 Å². The number of fused-ring (bicyclic) bond motifs is 2. The summed E-state index contributed by atoms with van der Waals surface area (Å²) in [4.78, 5) is 5.31. The first-order chi connectivity index (χ1) is 15.0. The van der Waals surface area contributed by atoms with Crippen LogP contribution in [-0.4, -0.2) is 13.3 Å². The van der Waals surface area contributed by atoms with Gasteiger partial charge in [-0.15, -0.1) is 0 Å². The van der Waals surface area contributed by atoms with Crippen molar-refractivity contribution in [3.8, 4) is 0 Å². The van der Waals surface area contributed by atoms with Crippen LogP contribution in [0.25, 0.3) is 10.9 Å². The van der Waals surface area contributed by atoms with E-state index in [2.05, 4.69) is 67.5 Å². The fraction of sp³-hybridized carbons (Fsp3) is 0.679. The molecule has 2 nitrogen and oxygen atoms in total. The standard InChI is InChI=1S/C28H44ClNOSi/c1-9-11-13-14-15-21-22-19-20(29)17-18-23(22)30-25-24(16-12-10-2)31-32(26(21)25,27(3,4)5)28(6,7)8/h17-19,24H,9-16H2,1-8H3. The van der Waals surface area contributed by atoms with Gasteiger partial charge in [-0.3, -0.25) is 4.98 Å². The van der Waals surface area contributed by atoms with Gasteiger partial charge in [-0.25, -0.2) is 0 Å². The van der Waals surface area contributed by atoms with Crippen LogP contribution >= 0.6 is 11.6 Å². The van der Waals surface area contributed by atoms with Crippen molar-refractivity contribution < 1.29 is 4.43 Å². The van der Waals surface area contributed by atoms with Crippen molar-refractivity contribution in [2.24, 2.45) is 0 Å². The second kappa shape index (κ2) is 9.76. The smallest absolute Gasteiger partial charge is 0.237 e. The highest BCUT2D eigenvalue weighted by atomic mass is 35.5. The second-order valence-electron chi connectivity index (χ2n) is 11.8. The highest BCUT2D eigenvalue weighted by Gasteiger charge is 2.63. The molecular weight excluding hydrogens is 430 g/mol. The number of halogens is 1. The summed E-state index contributed by atoms with van der Waals surface area (Å²) in [6.07, 6.45) is 9.66. The van der Waals surface area contributed by atoms with Gasteiger partial charge in [0.1, 0.15) is 0 Å². The summed E-state index contributed by atoms with van der Waals surface area (Å²) in [5.41, 5.74) is 3.81. The Balaban J connectivity index is 2.34. The number of pyridine rings is 1. The molecule has 1 aromatic carbocycles. The fourth-order valence-corrected chi connectivity index (χ4v) is 12.7. The summed E-state index contributed by atoms with van der Waals surface area (Å²) in [7, 11) is -2.42. The lowest BCUT2D eigenvalue weighted by atomic mass is 9.98. The Morgan fingerprint density at radius 1 is 0.938 bits per heavy atom. The van der Waals surface area contributed by atoms with Gasteiger partial charge in [0.15, 0.2) is 0 Å². The van der Waals surface area contributed by atoms with Crippen molar-refractivity contribution in [1.29, 1.82) is 0 Å². The van der Waals surface area contributed by atoms with Gasteiger partial charge >= 0.3 is 0 Å². The topological polar surface area (TPSA) is 22.1 Å². The monoisotopic (exact) mass is 473 g/mol. The first-order valence-corrected chi connectivity index (χ1v) is 15.1. The van der Waals surface area contributed by atoms with Gasteiger partial charge in [-0.05, 0) is 58.3 Å². The molecule has 4 heteroatoms. The van der Waals surface area contributed by atoms with E-state index in [9.17, 15) is 0 Å². The van der Waals surface area contributed by atoms with E-state index in [0.717, 1.165) is 23.4 Å². The second-order valence-corrected chi connectivity index (χ2v) is 17.3. The Morgan fingerprint density at radius 3 is 2.19 bits per heavy atom. The molecule has 0 radical (unpaired) electrons. The minimum absolute atomic E-state index is 0.0626. The van der Waals surface area contributed by atoms with Crippen LogP contribution in [0.1, 0.15) is 118 Å². The highest BCUT2D eigenvalue weighted by Crippen LogP contribution is 2.57. The molecular formula is C28H44ClNOSi. The summed E-state index contributed by atoms with van der Waals surface area (Å²) in [5.74, 6) is 0. The predicted molar refractivity (Wildman–Crippen MR) is 143 cm³/mol. The third-order valence-corrected chi connectivity index (χ3v) is 13.6. The van der Waals surface area contributed by atoms with Crippen LogP contribution in [0.3, 0.4) is 0 Å². The number of rotatable bonds is 8. The van der Waals surface area contributed by atoms with E-state index in [1.54, 1.807) is 0 Å². The van der Waals surface area contributed by atoms with E-state index in [4.69, 9.17) is 21.0 Å². The summed E-state index contributed by atoms with van der Waals surface area (Å²) in [6, 6.07) is 6.25. The van der Waals surface area contributed by atoms with Gasteiger partial charge in [0, 0.05) is 10.4 Å². The minimum atomic E-state index is -2.42. The van der Waals surface area contributed by atoms with E-state index in [-0.39, 0.29) is 16.2 Å². The molecule has 0 bridgehead atoms. The Bertz CT molecular complexity index is 927. The van der Waals surface area contributed by atoms with E-state index in [1.807, 2.05) is 6.07 Å². The normalized spacial score (nSPS) is 18.3. The summed E-state index contributed by atoms with van der Waals surface area (Å²) < 4.78 is 7.36. The molecule has 1 atom stereocenters. The lowest BCUT2D eigenvalue weighted by Gasteiger charge is -2.49. The van der Waals surface area contributed by atoms with Crippen LogP contribution in [0.15, 0.2) is 18.2 Å². The van der Waals surface area contributed by atoms with E-state index >= 15 is 0 Å². The molecule has 0 N–H and O–H groups in total. The first kappa shape index (κ1) is 25.7. The quantitative estimate of drug-likeness (QED) is 0.281. The van der Waals surface area contributed by atoms with Crippen molar-refractivity contribution >= 4 is 36.0 Å². The molecule has 1 unspecified atom stereocenters. The molecule has 32 heavy (non-hydrogen) atoms. The summed E-state index contributed by atoms with van der Waals surface area (Å²) >= 11 is 6.53. The Hall–Kier alpha value is -0.903. The van der Waals surface area contributed by atoms with E-state index < -0.39 is 8.32 Å². The molecule has 0 saturated carbocycles. The summed E-state index contributed by atoms with van der Waals surface area (Å²) in [5, 5.41) is 3.68. The highest BCUT2D eigenvalue weighted by molar-refractivity contribution is 6.92. The van der Waals surface area contributed by atoms with Crippen molar-refractivity contribution in [2.45, 2.75) is 123 Å². The van der Waals surface area contributed by atoms with Crippen LogP contribution in [-0.2, 0) is 10.8 Å². The van der Waals surface area contributed by atoms with Crippen molar-refractivity contribution in [1.82, 2.24) is 4.98 Å². The molecule has 0 saturated heterocycles. The number of benzene rings is 1. The SMILES string of the molecule is CCCCCCc1c2c(nc3ccc(Cl)cc13)C(CCCC)O[Si]2(C(C)(C)C)C(C)(C)C. The molecule has 2 heterocycles. The zero-order valence-electron chi connectivity index (χ0n) is 21.7. The van der Waals surface area contributed by atoms with Gasteiger partial charge in [-0.1, -0.05) is 99.1 Å². The Kier molecular flexibility index (Phi) is 7.84. The Morgan fingerprint density at radius 2 is 1.59 bits per heavy atom. The summed E-state index contributed by atoms with van der Waals surface area (Å²) in [6.45, 7) is 19.0. The first-order valence-electron chi connectivity index (χ1n) is 12.8. The lowest BCUT2D eigenvalue weighted by Crippen LogP contribution is -2.62. The fourth-order valence-electron chi connectivity index (χ4n) is 6.08. The average Bonchev–Trinajstić information content (AvgIpc) is 3.04. The molecule has 3 rings (SSSR count). The molecule has 1 aliphatic heterocycles.